The third-order valence-electron chi connectivity index (χ3n) is 4.88. The average Bonchev–Trinajstić information content (AvgIpc) is 3.36. The highest BCUT2D eigenvalue weighted by Gasteiger charge is 2.25. The molecule has 0 bridgehead atoms. The maximum atomic E-state index is 13.3. The van der Waals surface area contributed by atoms with Gasteiger partial charge in [0.2, 0.25) is 0 Å². The Kier molecular flexibility index (Phi) is 4.48. The molecular formula is C22H21NO3. The van der Waals surface area contributed by atoms with Gasteiger partial charge in [0, 0.05) is 24.1 Å². The molecule has 0 N–H and O–H groups in total. The molecule has 0 spiro atoms. The maximum absolute atomic E-state index is 13.3. The molecule has 0 aliphatic carbocycles. The highest BCUT2D eigenvalue weighted by Crippen LogP contribution is 2.29. The molecule has 4 rings (SSSR count). The van der Waals surface area contributed by atoms with Gasteiger partial charge >= 0.3 is 0 Å². The van der Waals surface area contributed by atoms with Crippen LogP contribution in [-0.2, 0) is 13.0 Å². The Morgan fingerprint density at radius 3 is 2.77 bits per heavy atom. The number of hydrogen-bond donors (Lipinski definition) is 0. The smallest absolute Gasteiger partial charge is 0.254 e. The number of benzene rings is 2. The standard InChI is InChI=1S/C22H21NO3/c1-16(18-5-3-2-4-6-18)23(14-17-9-11-25-15-17)22(24)20-7-8-21-19(13-20)10-12-26-21/h2-9,11,13,15-16H,10,12,14H2,1H3/t16-/m0/s1. The minimum Gasteiger partial charge on any atom is -0.493 e. The lowest BCUT2D eigenvalue weighted by Gasteiger charge is -2.29. The lowest BCUT2D eigenvalue weighted by Crippen LogP contribution is -2.33. The lowest BCUT2D eigenvalue weighted by molar-refractivity contribution is 0.0673. The fraction of sp³-hybridized carbons (Fsp3) is 0.227. The first-order valence-corrected chi connectivity index (χ1v) is 8.85. The largest absolute Gasteiger partial charge is 0.493 e. The number of rotatable bonds is 5. The number of carbonyl (C=O) groups excluding carboxylic acids is 1. The van der Waals surface area contributed by atoms with Gasteiger partial charge in [-0.25, -0.2) is 0 Å². The van der Waals surface area contributed by atoms with Crippen LogP contribution in [0, 0.1) is 0 Å². The summed E-state index contributed by atoms with van der Waals surface area (Å²) in [7, 11) is 0. The minimum atomic E-state index is -0.0527. The molecule has 1 aromatic heterocycles. The number of carbonyl (C=O) groups is 1. The SMILES string of the molecule is C[C@@H](c1ccccc1)N(Cc1ccoc1)C(=O)c1ccc2c(c1)CCO2. The van der Waals surface area contributed by atoms with Crippen LogP contribution in [0.2, 0.25) is 0 Å². The van der Waals surface area contributed by atoms with Crippen molar-refractivity contribution in [1.82, 2.24) is 4.90 Å². The minimum absolute atomic E-state index is 0.0113. The first-order valence-electron chi connectivity index (χ1n) is 8.85. The summed E-state index contributed by atoms with van der Waals surface area (Å²) in [6, 6.07) is 17.7. The first kappa shape index (κ1) is 16.5. The third-order valence-corrected chi connectivity index (χ3v) is 4.88. The van der Waals surface area contributed by atoms with Crippen LogP contribution in [0.3, 0.4) is 0 Å². The van der Waals surface area contributed by atoms with Gasteiger partial charge in [0.25, 0.3) is 5.91 Å². The van der Waals surface area contributed by atoms with Crippen LogP contribution in [0.1, 0.15) is 40.0 Å². The summed E-state index contributed by atoms with van der Waals surface area (Å²) in [5.74, 6) is 0.899. The van der Waals surface area contributed by atoms with Gasteiger partial charge in [-0.3, -0.25) is 4.79 Å². The quantitative estimate of drug-likeness (QED) is 0.676. The van der Waals surface area contributed by atoms with Crippen LogP contribution in [-0.4, -0.2) is 17.4 Å². The van der Waals surface area contributed by atoms with E-state index in [0.29, 0.717) is 18.7 Å². The highest BCUT2D eigenvalue weighted by molar-refractivity contribution is 5.95. The second kappa shape index (κ2) is 7.08. The van der Waals surface area contributed by atoms with Gasteiger partial charge in [0.1, 0.15) is 5.75 Å². The molecule has 2 heterocycles. The Hall–Kier alpha value is -3.01. The lowest BCUT2D eigenvalue weighted by atomic mass is 10.0. The third kappa shape index (κ3) is 3.23. The monoisotopic (exact) mass is 347 g/mol. The van der Waals surface area contributed by atoms with Crippen LogP contribution in [0.15, 0.2) is 71.5 Å². The van der Waals surface area contributed by atoms with Crippen LogP contribution < -0.4 is 4.74 Å². The van der Waals surface area contributed by atoms with E-state index in [1.54, 1.807) is 12.5 Å². The number of nitrogens with zero attached hydrogens (tertiary/aromatic N) is 1. The average molecular weight is 347 g/mol. The second-order valence-corrected chi connectivity index (χ2v) is 6.57. The summed E-state index contributed by atoms with van der Waals surface area (Å²) in [6.45, 7) is 3.24. The summed E-state index contributed by atoms with van der Waals surface area (Å²) in [4.78, 5) is 15.2. The Labute approximate surface area is 153 Å². The molecule has 1 aliphatic rings. The van der Waals surface area contributed by atoms with Gasteiger partial charge < -0.3 is 14.1 Å². The fourth-order valence-corrected chi connectivity index (χ4v) is 3.36. The first-order chi connectivity index (χ1) is 12.7. The van der Waals surface area contributed by atoms with Crippen molar-refractivity contribution in [2.45, 2.75) is 25.9 Å². The predicted octanol–water partition coefficient (Wildman–Crippen LogP) is 4.62. The molecule has 2 aromatic carbocycles. The molecule has 26 heavy (non-hydrogen) atoms. The number of fused-ring (bicyclic) bond motifs is 1. The molecular weight excluding hydrogens is 326 g/mol. The number of ether oxygens (including phenoxy) is 1. The molecule has 4 heteroatoms. The van der Waals surface area contributed by atoms with E-state index >= 15 is 0 Å². The summed E-state index contributed by atoms with van der Waals surface area (Å²) < 4.78 is 10.8. The molecule has 1 atom stereocenters. The highest BCUT2D eigenvalue weighted by atomic mass is 16.5. The Morgan fingerprint density at radius 1 is 1.15 bits per heavy atom. The molecule has 1 aliphatic heterocycles. The van der Waals surface area contributed by atoms with Crippen molar-refractivity contribution < 1.29 is 13.9 Å². The van der Waals surface area contributed by atoms with Crippen molar-refractivity contribution in [3.05, 3.63) is 89.4 Å². The van der Waals surface area contributed by atoms with E-state index in [1.807, 2.05) is 47.4 Å². The van der Waals surface area contributed by atoms with E-state index in [2.05, 4.69) is 19.1 Å². The molecule has 1 amide bonds. The number of amides is 1. The van der Waals surface area contributed by atoms with E-state index in [0.717, 1.165) is 28.9 Å². The van der Waals surface area contributed by atoms with Crippen LogP contribution in [0.4, 0.5) is 0 Å². The number of hydrogen-bond acceptors (Lipinski definition) is 3. The summed E-state index contributed by atoms with van der Waals surface area (Å²) >= 11 is 0. The Balaban J connectivity index is 1.66. The predicted molar refractivity (Wildman–Crippen MR) is 99.1 cm³/mol. The molecule has 4 nitrogen and oxygen atoms in total. The van der Waals surface area contributed by atoms with Crippen molar-refractivity contribution in [2.24, 2.45) is 0 Å². The van der Waals surface area contributed by atoms with E-state index < -0.39 is 0 Å². The van der Waals surface area contributed by atoms with E-state index in [1.165, 1.54) is 0 Å². The molecule has 0 saturated carbocycles. The van der Waals surface area contributed by atoms with Crippen molar-refractivity contribution in [2.75, 3.05) is 6.61 Å². The molecule has 0 radical (unpaired) electrons. The summed E-state index contributed by atoms with van der Waals surface area (Å²) in [5, 5.41) is 0. The van der Waals surface area contributed by atoms with Crippen LogP contribution in [0.5, 0.6) is 5.75 Å². The summed E-state index contributed by atoms with van der Waals surface area (Å²) in [5.41, 5.74) is 3.88. The normalized spacial score (nSPS) is 13.7. The Bertz CT molecular complexity index is 887. The topological polar surface area (TPSA) is 42.7 Å². The van der Waals surface area contributed by atoms with Crippen molar-refractivity contribution in [1.29, 1.82) is 0 Å². The van der Waals surface area contributed by atoms with Gasteiger partial charge in [-0.1, -0.05) is 30.3 Å². The van der Waals surface area contributed by atoms with Gasteiger partial charge in [-0.15, -0.1) is 0 Å². The van der Waals surface area contributed by atoms with Crippen molar-refractivity contribution >= 4 is 5.91 Å². The molecule has 0 fully saturated rings. The van der Waals surface area contributed by atoms with Crippen molar-refractivity contribution in [3.8, 4) is 5.75 Å². The zero-order chi connectivity index (χ0) is 17.9. The Morgan fingerprint density at radius 2 is 2.00 bits per heavy atom. The zero-order valence-corrected chi connectivity index (χ0v) is 14.7. The van der Waals surface area contributed by atoms with Crippen LogP contribution >= 0.6 is 0 Å². The number of furan rings is 1. The molecule has 0 unspecified atom stereocenters. The molecule has 3 aromatic rings. The van der Waals surface area contributed by atoms with Gasteiger partial charge in [-0.05, 0) is 42.3 Å². The van der Waals surface area contributed by atoms with E-state index in [9.17, 15) is 4.79 Å². The van der Waals surface area contributed by atoms with Gasteiger partial charge in [-0.2, -0.15) is 0 Å². The molecule has 0 saturated heterocycles. The fourth-order valence-electron chi connectivity index (χ4n) is 3.36. The van der Waals surface area contributed by atoms with Gasteiger partial charge in [0.15, 0.2) is 0 Å². The zero-order valence-electron chi connectivity index (χ0n) is 14.7. The second-order valence-electron chi connectivity index (χ2n) is 6.57. The van der Waals surface area contributed by atoms with E-state index in [-0.39, 0.29) is 11.9 Å². The van der Waals surface area contributed by atoms with E-state index in [4.69, 9.17) is 9.15 Å². The van der Waals surface area contributed by atoms with Gasteiger partial charge in [0.05, 0.1) is 25.2 Å². The van der Waals surface area contributed by atoms with Crippen molar-refractivity contribution in [3.63, 3.8) is 0 Å². The summed E-state index contributed by atoms with van der Waals surface area (Å²) in [6.07, 6.45) is 4.18. The molecule has 132 valence electrons. The maximum Gasteiger partial charge on any atom is 0.254 e. The van der Waals surface area contributed by atoms with Crippen LogP contribution in [0.25, 0.3) is 0 Å².